The van der Waals surface area contributed by atoms with Crippen LogP contribution in [0.2, 0.25) is 0 Å². The summed E-state index contributed by atoms with van der Waals surface area (Å²) < 4.78 is 28.2. The van der Waals surface area contributed by atoms with Crippen molar-refractivity contribution in [1.82, 2.24) is 15.1 Å². The zero-order chi connectivity index (χ0) is 14.1. The van der Waals surface area contributed by atoms with Crippen LogP contribution in [0, 0.1) is 11.6 Å². The van der Waals surface area contributed by atoms with E-state index in [9.17, 15) is 8.78 Å². The molecule has 2 heterocycles. The lowest BCUT2D eigenvalue weighted by Gasteiger charge is -2.15. The number of hydrogen-bond donors (Lipinski definition) is 1. The molecule has 1 aliphatic heterocycles. The van der Waals surface area contributed by atoms with Crippen LogP contribution in [0.4, 0.5) is 8.78 Å². The van der Waals surface area contributed by atoms with Gasteiger partial charge in [-0.3, -0.25) is 4.68 Å². The summed E-state index contributed by atoms with van der Waals surface area (Å²) in [5, 5.41) is 7.96. The molecule has 0 spiro atoms. The van der Waals surface area contributed by atoms with Crippen LogP contribution in [-0.2, 0) is 25.9 Å². The number of aromatic nitrogens is 2. The van der Waals surface area contributed by atoms with Gasteiger partial charge < -0.3 is 5.32 Å². The molecule has 3 nitrogen and oxygen atoms in total. The van der Waals surface area contributed by atoms with Gasteiger partial charge in [0.15, 0.2) is 11.6 Å². The molecule has 0 aliphatic carbocycles. The third-order valence-corrected chi connectivity index (χ3v) is 3.74. The van der Waals surface area contributed by atoms with E-state index in [1.54, 1.807) is 6.07 Å². The van der Waals surface area contributed by atoms with E-state index in [4.69, 9.17) is 0 Å². The van der Waals surface area contributed by atoms with Crippen molar-refractivity contribution in [1.29, 1.82) is 0 Å². The van der Waals surface area contributed by atoms with Gasteiger partial charge in [-0.15, -0.1) is 0 Å². The second-order valence-electron chi connectivity index (χ2n) is 5.06. The van der Waals surface area contributed by atoms with Crippen LogP contribution in [-0.4, -0.2) is 16.3 Å². The Hall–Kier alpha value is -1.75. The largest absolute Gasteiger partial charge is 0.312 e. The van der Waals surface area contributed by atoms with Crippen LogP contribution >= 0.6 is 0 Å². The van der Waals surface area contributed by atoms with Gasteiger partial charge in [0.1, 0.15) is 0 Å². The highest BCUT2D eigenvalue weighted by molar-refractivity contribution is 5.30. The lowest BCUT2D eigenvalue weighted by molar-refractivity contribution is 0.505. The SMILES string of the molecule is CCc1nn(Cc2ccc(F)c(F)c2)c2c1CNCC2. The minimum absolute atomic E-state index is 0.486. The van der Waals surface area contributed by atoms with Gasteiger partial charge in [-0.2, -0.15) is 5.10 Å². The molecule has 0 fully saturated rings. The van der Waals surface area contributed by atoms with E-state index in [1.165, 1.54) is 23.4 Å². The summed E-state index contributed by atoms with van der Waals surface area (Å²) in [4.78, 5) is 0. The number of halogens is 2. The summed E-state index contributed by atoms with van der Waals surface area (Å²) in [7, 11) is 0. The Kier molecular flexibility index (Phi) is 3.53. The standard InChI is InChI=1S/C15H17F2N3/c1-2-14-11-8-18-6-5-15(11)20(19-14)9-10-3-4-12(16)13(17)7-10/h3-4,7,18H,2,5-6,8-9H2,1H3. The minimum atomic E-state index is -0.810. The Morgan fingerprint density at radius 3 is 2.90 bits per heavy atom. The zero-order valence-electron chi connectivity index (χ0n) is 11.4. The second-order valence-corrected chi connectivity index (χ2v) is 5.06. The van der Waals surface area contributed by atoms with Gasteiger partial charge in [0.2, 0.25) is 0 Å². The number of rotatable bonds is 3. The first-order chi connectivity index (χ1) is 9.69. The highest BCUT2D eigenvalue weighted by Gasteiger charge is 2.19. The van der Waals surface area contributed by atoms with Gasteiger partial charge in [-0.25, -0.2) is 8.78 Å². The first kappa shape index (κ1) is 13.2. The molecule has 2 aromatic rings. The monoisotopic (exact) mass is 277 g/mol. The molecule has 0 unspecified atom stereocenters. The van der Waals surface area contributed by atoms with Crippen molar-refractivity contribution < 1.29 is 8.78 Å². The predicted octanol–water partition coefficient (Wildman–Crippen LogP) is 2.42. The summed E-state index contributed by atoms with van der Waals surface area (Å²) >= 11 is 0. The Labute approximate surface area is 116 Å². The molecule has 0 saturated carbocycles. The molecule has 5 heteroatoms. The highest BCUT2D eigenvalue weighted by Crippen LogP contribution is 2.20. The van der Waals surface area contributed by atoms with Gasteiger partial charge in [0.05, 0.1) is 12.2 Å². The molecular weight excluding hydrogens is 260 g/mol. The molecule has 1 aliphatic rings. The van der Waals surface area contributed by atoms with Crippen molar-refractivity contribution in [2.75, 3.05) is 6.54 Å². The second kappa shape index (κ2) is 5.32. The van der Waals surface area contributed by atoms with Crippen molar-refractivity contribution in [2.45, 2.75) is 32.9 Å². The molecule has 20 heavy (non-hydrogen) atoms. The van der Waals surface area contributed by atoms with Crippen molar-refractivity contribution >= 4 is 0 Å². The van der Waals surface area contributed by atoms with Crippen molar-refractivity contribution in [3.8, 4) is 0 Å². The van der Waals surface area contributed by atoms with Crippen LogP contribution < -0.4 is 5.32 Å². The summed E-state index contributed by atoms with van der Waals surface area (Å²) in [5.41, 5.74) is 4.30. The average molecular weight is 277 g/mol. The number of aryl methyl sites for hydroxylation is 1. The highest BCUT2D eigenvalue weighted by atomic mass is 19.2. The molecule has 106 valence electrons. The van der Waals surface area contributed by atoms with Crippen LogP contribution in [0.1, 0.15) is 29.4 Å². The van der Waals surface area contributed by atoms with Crippen LogP contribution in [0.15, 0.2) is 18.2 Å². The van der Waals surface area contributed by atoms with Gasteiger partial charge in [0, 0.05) is 30.8 Å². The summed E-state index contributed by atoms with van der Waals surface area (Å²) in [6.07, 6.45) is 1.81. The van der Waals surface area contributed by atoms with E-state index in [2.05, 4.69) is 17.3 Å². The van der Waals surface area contributed by atoms with Crippen molar-refractivity contribution in [2.24, 2.45) is 0 Å². The smallest absolute Gasteiger partial charge is 0.159 e. The topological polar surface area (TPSA) is 29.9 Å². The van der Waals surface area contributed by atoms with Crippen LogP contribution in [0.5, 0.6) is 0 Å². The number of benzene rings is 1. The van der Waals surface area contributed by atoms with Crippen LogP contribution in [0.3, 0.4) is 0 Å². The third kappa shape index (κ3) is 2.33. The minimum Gasteiger partial charge on any atom is -0.312 e. The number of nitrogens with zero attached hydrogens (tertiary/aromatic N) is 2. The number of fused-ring (bicyclic) bond motifs is 1. The molecule has 0 amide bonds. The quantitative estimate of drug-likeness (QED) is 0.933. The maximum Gasteiger partial charge on any atom is 0.159 e. The summed E-state index contributed by atoms with van der Waals surface area (Å²) in [6, 6.07) is 4.03. The summed E-state index contributed by atoms with van der Waals surface area (Å²) in [5.74, 6) is -1.62. The van der Waals surface area contributed by atoms with E-state index in [0.717, 1.165) is 37.2 Å². The maximum atomic E-state index is 13.3. The lowest BCUT2D eigenvalue weighted by Crippen LogP contribution is -2.25. The predicted molar refractivity (Wildman–Crippen MR) is 72.5 cm³/mol. The third-order valence-electron chi connectivity index (χ3n) is 3.74. The molecule has 1 N–H and O–H groups in total. The fraction of sp³-hybridized carbons (Fsp3) is 0.400. The lowest BCUT2D eigenvalue weighted by atomic mass is 10.1. The maximum absolute atomic E-state index is 13.3. The van der Waals surface area contributed by atoms with E-state index in [1.807, 2.05) is 4.68 Å². The van der Waals surface area contributed by atoms with Crippen molar-refractivity contribution in [3.05, 3.63) is 52.3 Å². The van der Waals surface area contributed by atoms with E-state index >= 15 is 0 Å². The van der Waals surface area contributed by atoms with Crippen molar-refractivity contribution in [3.63, 3.8) is 0 Å². The molecule has 1 aromatic heterocycles. The Balaban J connectivity index is 1.94. The normalized spacial score (nSPS) is 14.3. The van der Waals surface area contributed by atoms with Gasteiger partial charge >= 0.3 is 0 Å². The first-order valence-electron chi connectivity index (χ1n) is 6.91. The van der Waals surface area contributed by atoms with Gasteiger partial charge in [0.25, 0.3) is 0 Å². The fourth-order valence-electron chi connectivity index (χ4n) is 2.72. The molecule has 0 atom stereocenters. The molecule has 0 radical (unpaired) electrons. The number of nitrogens with one attached hydrogen (secondary N) is 1. The molecular formula is C15H17F2N3. The Bertz CT molecular complexity index is 634. The fourth-order valence-corrected chi connectivity index (χ4v) is 2.72. The average Bonchev–Trinajstić information content (AvgIpc) is 2.81. The van der Waals surface area contributed by atoms with Gasteiger partial charge in [-0.05, 0) is 24.1 Å². The molecule has 3 rings (SSSR count). The number of hydrogen-bond acceptors (Lipinski definition) is 2. The molecule has 1 aromatic carbocycles. The first-order valence-corrected chi connectivity index (χ1v) is 6.91. The van der Waals surface area contributed by atoms with E-state index in [-0.39, 0.29) is 0 Å². The summed E-state index contributed by atoms with van der Waals surface area (Å²) in [6.45, 7) is 4.34. The van der Waals surface area contributed by atoms with E-state index in [0.29, 0.717) is 6.54 Å². The zero-order valence-corrected chi connectivity index (χ0v) is 11.4. The molecule has 0 saturated heterocycles. The Morgan fingerprint density at radius 2 is 2.15 bits per heavy atom. The van der Waals surface area contributed by atoms with Crippen LogP contribution in [0.25, 0.3) is 0 Å². The van der Waals surface area contributed by atoms with E-state index < -0.39 is 11.6 Å². The molecule has 0 bridgehead atoms. The van der Waals surface area contributed by atoms with Gasteiger partial charge in [-0.1, -0.05) is 13.0 Å². The Morgan fingerprint density at radius 1 is 1.30 bits per heavy atom.